The van der Waals surface area contributed by atoms with E-state index in [4.69, 9.17) is 4.74 Å². The van der Waals surface area contributed by atoms with E-state index in [1.807, 2.05) is 28.0 Å². The first kappa shape index (κ1) is 20.5. The molecule has 0 unspecified atom stereocenters. The van der Waals surface area contributed by atoms with Gasteiger partial charge in [-0.1, -0.05) is 25.0 Å². The Bertz CT molecular complexity index is 648. The van der Waals surface area contributed by atoms with Crippen LogP contribution in [0.2, 0.25) is 0 Å². The fourth-order valence-corrected chi connectivity index (χ4v) is 4.11. The summed E-state index contributed by atoms with van der Waals surface area (Å²) in [5, 5.41) is 0. The Kier molecular flexibility index (Phi) is 7.57. The van der Waals surface area contributed by atoms with Gasteiger partial charge in [0.25, 0.3) is 0 Å². The molecule has 0 atom stereocenters. The molecule has 1 aromatic rings. The molecule has 2 heterocycles. The molecule has 6 heteroatoms. The van der Waals surface area contributed by atoms with Crippen molar-refractivity contribution in [2.45, 2.75) is 44.9 Å². The third-order valence-electron chi connectivity index (χ3n) is 5.80. The molecule has 2 saturated heterocycles. The molecule has 0 saturated carbocycles. The summed E-state index contributed by atoms with van der Waals surface area (Å²) in [6.07, 6.45) is 6.29. The molecular weight excluding hydrogens is 354 g/mol. The van der Waals surface area contributed by atoms with E-state index < -0.39 is 0 Å². The second kappa shape index (κ2) is 10.3. The molecule has 154 valence electrons. The molecular formula is C22H33N3O3. The maximum atomic E-state index is 12.5. The van der Waals surface area contributed by atoms with Gasteiger partial charge in [0.2, 0.25) is 11.8 Å². The standard InChI is InChI=1S/C22H33N3O3/c1-28-20-10-5-4-9-19(20)23-15-17-25(18-16-23)22(27)12-8-11-21(26)24-13-6-2-3-7-14-24/h4-5,9-10H,2-3,6-8,11-18H2,1H3. The van der Waals surface area contributed by atoms with Gasteiger partial charge in [0, 0.05) is 52.1 Å². The average Bonchev–Trinajstić information content (AvgIpc) is 3.03. The second-order valence-electron chi connectivity index (χ2n) is 7.69. The van der Waals surface area contributed by atoms with Crippen molar-refractivity contribution in [2.24, 2.45) is 0 Å². The van der Waals surface area contributed by atoms with Crippen molar-refractivity contribution in [3.63, 3.8) is 0 Å². The fraction of sp³-hybridized carbons (Fsp3) is 0.636. The summed E-state index contributed by atoms with van der Waals surface area (Å²) in [5.41, 5.74) is 1.08. The number of hydrogen-bond donors (Lipinski definition) is 0. The number of anilines is 1. The molecule has 2 aliphatic heterocycles. The zero-order valence-corrected chi connectivity index (χ0v) is 17.1. The Hall–Kier alpha value is -2.24. The van der Waals surface area contributed by atoms with E-state index in [9.17, 15) is 9.59 Å². The lowest BCUT2D eigenvalue weighted by Gasteiger charge is -2.36. The molecule has 2 aliphatic rings. The van der Waals surface area contributed by atoms with Crippen molar-refractivity contribution in [3.8, 4) is 5.75 Å². The van der Waals surface area contributed by atoms with Crippen molar-refractivity contribution in [1.82, 2.24) is 9.80 Å². The van der Waals surface area contributed by atoms with Crippen molar-refractivity contribution < 1.29 is 14.3 Å². The van der Waals surface area contributed by atoms with Gasteiger partial charge >= 0.3 is 0 Å². The van der Waals surface area contributed by atoms with E-state index in [1.54, 1.807) is 7.11 Å². The molecule has 1 aromatic carbocycles. The van der Waals surface area contributed by atoms with E-state index >= 15 is 0 Å². The van der Waals surface area contributed by atoms with Crippen LogP contribution in [0.5, 0.6) is 5.75 Å². The number of nitrogens with zero attached hydrogens (tertiary/aromatic N) is 3. The fourth-order valence-electron chi connectivity index (χ4n) is 4.11. The number of carbonyl (C=O) groups excluding carboxylic acids is 2. The second-order valence-corrected chi connectivity index (χ2v) is 7.69. The van der Waals surface area contributed by atoms with E-state index in [-0.39, 0.29) is 11.8 Å². The van der Waals surface area contributed by atoms with Gasteiger partial charge in [-0.3, -0.25) is 9.59 Å². The topological polar surface area (TPSA) is 53.1 Å². The summed E-state index contributed by atoms with van der Waals surface area (Å²) in [5.74, 6) is 1.26. The molecule has 3 rings (SSSR count). The summed E-state index contributed by atoms with van der Waals surface area (Å²) in [6.45, 7) is 4.82. The van der Waals surface area contributed by atoms with Crippen LogP contribution < -0.4 is 9.64 Å². The lowest BCUT2D eigenvalue weighted by Crippen LogP contribution is -2.48. The predicted molar refractivity (Wildman–Crippen MR) is 111 cm³/mol. The summed E-state index contributed by atoms with van der Waals surface area (Å²) in [4.78, 5) is 31.1. The van der Waals surface area contributed by atoms with Crippen LogP contribution in [-0.2, 0) is 9.59 Å². The first-order chi connectivity index (χ1) is 13.7. The van der Waals surface area contributed by atoms with Crippen LogP contribution in [0.4, 0.5) is 5.69 Å². The lowest BCUT2D eigenvalue weighted by molar-refractivity contribution is -0.133. The first-order valence-corrected chi connectivity index (χ1v) is 10.6. The smallest absolute Gasteiger partial charge is 0.222 e. The van der Waals surface area contributed by atoms with Gasteiger partial charge in [0.15, 0.2) is 0 Å². The van der Waals surface area contributed by atoms with Crippen molar-refractivity contribution >= 4 is 17.5 Å². The van der Waals surface area contributed by atoms with Gasteiger partial charge in [0.1, 0.15) is 5.75 Å². The minimum atomic E-state index is 0.170. The van der Waals surface area contributed by atoms with E-state index in [2.05, 4.69) is 11.0 Å². The van der Waals surface area contributed by atoms with Crippen LogP contribution in [-0.4, -0.2) is 68.0 Å². The molecule has 6 nitrogen and oxygen atoms in total. The number of methoxy groups -OCH3 is 1. The van der Waals surface area contributed by atoms with Crippen LogP contribution in [0.3, 0.4) is 0 Å². The van der Waals surface area contributed by atoms with Crippen LogP contribution in [0, 0.1) is 0 Å². The predicted octanol–water partition coefficient (Wildman–Crippen LogP) is 2.92. The van der Waals surface area contributed by atoms with Crippen molar-refractivity contribution in [1.29, 1.82) is 0 Å². The lowest BCUT2D eigenvalue weighted by atomic mass is 10.1. The van der Waals surface area contributed by atoms with Crippen LogP contribution in [0.1, 0.15) is 44.9 Å². The number of benzene rings is 1. The highest BCUT2D eigenvalue weighted by Crippen LogP contribution is 2.28. The van der Waals surface area contributed by atoms with Crippen molar-refractivity contribution in [3.05, 3.63) is 24.3 Å². The number of piperazine rings is 1. The minimum absolute atomic E-state index is 0.170. The molecule has 0 aromatic heterocycles. The third-order valence-corrected chi connectivity index (χ3v) is 5.80. The maximum Gasteiger partial charge on any atom is 0.222 e. The van der Waals surface area contributed by atoms with Crippen molar-refractivity contribution in [2.75, 3.05) is 51.3 Å². The SMILES string of the molecule is COc1ccccc1N1CCN(C(=O)CCCC(=O)N2CCCCCC2)CC1. The number of para-hydroxylation sites is 2. The van der Waals surface area contributed by atoms with Crippen LogP contribution in [0.15, 0.2) is 24.3 Å². The molecule has 2 amide bonds. The zero-order valence-electron chi connectivity index (χ0n) is 17.1. The molecule has 28 heavy (non-hydrogen) atoms. The van der Waals surface area contributed by atoms with Gasteiger partial charge < -0.3 is 19.4 Å². The Morgan fingerprint density at radius 1 is 0.821 bits per heavy atom. The number of carbonyl (C=O) groups is 2. The quantitative estimate of drug-likeness (QED) is 0.753. The number of hydrogen-bond acceptors (Lipinski definition) is 4. The monoisotopic (exact) mass is 387 g/mol. The third kappa shape index (κ3) is 5.40. The minimum Gasteiger partial charge on any atom is -0.495 e. The van der Waals surface area contributed by atoms with Gasteiger partial charge in [-0.15, -0.1) is 0 Å². The highest BCUT2D eigenvalue weighted by Gasteiger charge is 2.23. The molecule has 0 radical (unpaired) electrons. The summed E-state index contributed by atoms with van der Waals surface area (Å²) < 4.78 is 5.45. The molecule has 2 fully saturated rings. The highest BCUT2D eigenvalue weighted by atomic mass is 16.5. The molecule has 0 spiro atoms. The average molecular weight is 388 g/mol. The Balaban J connectivity index is 1.39. The number of ether oxygens (including phenoxy) is 1. The Morgan fingerprint density at radius 3 is 2.00 bits per heavy atom. The summed E-state index contributed by atoms with van der Waals surface area (Å²) in [6, 6.07) is 8.00. The number of likely N-dealkylation sites (tertiary alicyclic amines) is 1. The van der Waals surface area contributed by atoms with Gasteiger partial charge in [-0.25, -0.2) is 0 Å². The van der Waals surface area contributed by atoms with Gasteiger partial charge in [-0.2, -0.15) is 0 Å². The summed E-state index contributed by atoms with van der Waals surface area (Å²) >= 11 is 0. The van der Waals surface area contributed by atoms with Gasteiger partial charge in [0.05, 0.1) is 12.8 Å². The van der Waals surface area contributed by atoms with E-state index in [0.29, 0.717) is 19.3 Å². The number of rotatable bonds is 6. The van der Waals surface area contributed by atoms with E-state index in [0.717, 1.165) is 63.5 Å². The zero-order chi connectivity index (χ0) is 19.8. The van der Waals surface area contributed by atoms with Crippen LogP contribution >= 0.6 is 0 Å². The normalized spacial score (nSPS) is 18.0. The number of amides is 2. The first-order valence-electron chi connectivity index (χ1n) is 10.6. The Labute approximate surface area is 168 Å². The highest BCUT2D eigenvalue weighted by molar-refractivity contribution is 5.79. The van der Waals surface area contributed by atoms with Crippen LogP contribution in [0.25, 0.3) is 0 Å². The maximum absolute atomic E-state index is 12.5. The van der Waals surface area contributed by atoms with E-state index in [1.165, 1.54) is 12.8 Å². The Morgan fingerprint density at radius 2 is 1.39 bits per heavy atom. The molecule has 0 aliphatic carbocycles. The van der Waals surface area contributed by atoms with Gasteiger partial charge in [-0.05, 0) is 31.4 Å². The molecule has 0 bridgehead atoms. The summed E-state index contributed by atoms with van der Waals surface area (Å²) in [7, 11) is 1.69. The largest absolute Gasteiger partial charge is 0.495 e. The molecule has 0 N–H and O–H groups in total.